The molecular formula is C30H29Cl2FN4OW. The van der Waals surface area contributed by atoms with Crippen LogP contribution in [0.3, 0.4) is 0 Å². The van der Waals surface area contributed by atoms with Gasteiger partial charge in [-0.3, -0.25) is 4.79 Å². The van der Waals surface area contributed by atoms with Crippen LogP contribution in [0.4, 0.5) is 10.1 Å². The van der Waals surface area contributed by atoms with Gasteiger partial charge in [-0.1, -0.05) is 41.9 Å². The Hall–Kier alpha value is -2.08. The van der Waals surface area contributed by atoms with Crippen LogP contribution in [-0.4, -0.2) is 39.7 Å². The third-order valence-electron chi connectivity index (χ3n) is 8.32. The molecule has 3 aliphatic heterocycles. The first-order valence-corrected chi connectivity index (χ1v) is 13.7. The van der Waals surface area contributed by atoms with Gasteiger partial charge in [-0.15, -0.1) is 11.2 Å². The number of quaternary nitrogens is 1. The summed E-state index contributed by atoms with van der Waals surface area (Å²) in [5, 5.41) is 10.9. The molecule has 202 valence electrons. The fourth-order valence-corrected chi connectivity index (χ4v) is 6.83. The third kappa shape index (κ3) is 4.68. The number of allylic oxidation sites excluding steroid dienone is 4. The number of carbonyl (C=O) groups is 1. The van der Waals surface area contributed by atoms with Crippen LogP contribution < -0.4 is 15.9 Å². The van der Waals surface area contributed by atoms with E-state index in [1.165, 1.54) is 6.08 Å². The zero-order valence-corrected chi connectivity index (χ0v) is 26.0. The number of nitrogens with zero attached hydrogens (tertiary/aromatic N) is 3. The van der Waals surface area contributed by atoms with Gasteiger partial charge in [0.2, 0.25) is 0 Å². The molecular weight excluding hydrogens is 706 g/mol. The minimum Gasteiger partial charge on any atom is -0.324 e. The Morgan fingerprint density at radius 3 is 2.87 bits per heavy atom. The molecule has 4 aliphatic rings. The van der Waals surface area contributed by atoms with E-state index in [2.05, 4.69) is 22.9 Å². The second kappa shape index (κ2) is 10.7. The Kier molecular flexibility index (Phi) is 7.82. The first-order valence-electron chi connectivity index (χ1n) is 13.0. The van der Waals surface area contributed by atoms with Gasteiger partial charge in [0, 0.05) is 61.6 Å². The molecule has 3 heterocycles. The molecule has 2 unspecified atom stereocenters. The van der Waals surface area contributed by atoms with Crippen LogP contribution in [0.5, 0.6) is 0 Å². The minimum absolute atomic E-state index is 0. The van der Waals surface area contributed by atoms with Crippen LogP contribution in [-0.2, 0) is 25.9 Å². The molecule has 1 N–H and O–H groups in total. The maximum absolute atomic E-state index is 16.7. The zero-order valence-electron chi connectivity index (χ0n) is 21.5. The molecule has 9 heteroatoms. The van der Waals surface area contributed by atoms with Crippen molar-refractivity contribution in [1.29, 1.82) is 0 Å². The number of amides is 1. The molecule has 1 amide bonds. The first kappa shape index (κ1) is 28.4. The van der Waals surface area contributed by atoms with E-state index in [-0.39, 0.29) is 37.7 Å². The van der Waals surface area contributed by atoms with E-state index in [1.807, 2.05) is 25.1 Å². The quantitative estimate of drug-likeness (QED) is 0.236. The second-order valence-corrected chi connectivity index (χ2v) is 11.6. The van der Waals surface area contributed by atoms with Crippen LogP contribution in [0.1, 0.15) is 32.6 Å². The van der Waals surface area contributed by atoms with Gasteiger partial charge in [-0.2, -0.15) is 22.8 Å². The Balaban J connectivity index is 0.00000308. The van der Waals surface area contributed by atoms with Crippen LogP contribution in [0.15, 0.2) is 83.2 Å². The summed E-state index contributed by atoms with van der Waals surface area (Å²) >= 11 is 12.1. The molecule has 2 saturated heterocycles. The van der Waals surface area contributed by atoms with Crippen molar-refractivity contribution < 1.29 is 34.8 Å². The number of anilines is 1. The van der Waals surface area contributed by atoms with Gasteiger partial charge >= 0.3 is 0 Å². The number of hydrogen-bond donors (Lipinski definition) is 1. The summed E-state index contributed by atoms with van der Waals surface area (Å²) in [5.41, 5.74) is 0.394. The maximum Gasteiger partial charge on any atom is 0.251 e. The Morgan fingerprint density at radius 1 is 1.36 bits per heavy atom. The summed E-state index contributed by atoms with van der Waals surface area (Å²) in [6.07, 6.45) is 8.13. The van der Waals surface area contributed by atoms with Gasteiger partial charge in [-0.25, -0.2) is 9.29 Å². The molecule has 5 nitrogen and oxygen atoms in total. The van der Waals surface area contributed by atoms with Crippen LogP contribution in [0.2, 0.25) is 5.02 Å². The van der Waals surface area contributed by atoms with Crippen LogP contribution in [0, 0.1) is 12.0 Å². The van der Waals surface area contributed by atoms with Gasteiger partial charge in [0.1, 0.15) is 5.70 Å². The first-order chi connectivity index (χ1) is 18.2. The number of nitrogens with one attached hydrogen (secondary N) is 1. The predicted octanol–water partition coefficient (Wildman–Crippen LogP) is 5.38. The molecule has 2 aromatic rings. The summed E-state index contributed by atoms with van der Waals surface area (Å²) in [6.45, 7) is 6.24. The van der Waals surface area contributed by atoms with E-state index in [9.17, 15) is 4.79 Å². The number of benzene rings is 2. The van der Waals surface area contributed by atoms with Gasteiger partial charge in [0.25, 0.3) is 5.91 Å². The van der Waals surface area contributed by atoms with Crippen molar-refractivity contribution in [2.24, 2.45) is 11.0 Å². The topological polar surface area (TPSA) is 44.7 Å². The van der Waals surface area contributed by atoms with E-state index in [1.54, 1.807) is 36.4 Å². The van der Waals surface area contributed by atoms with Crippen molar-refractivity contribution in [1.82, 2.24) is 4.90 Å². The average molecular weight is 735 g/mol. The van der Waals surface area contributed by atoms with E-state index in [0.29, 0.717) is 28.2 Å². The average Bonchev–Trinajstić information content (AvgIpc) is 3.48. The molecule has 0 radical (unpaired) electrons. The number of carbonyl (C=O) groups excluding carboxylic acids is 1. The molecule has 1 saturated carbocycles. The Labute approximate surface area is 252 Å². The molecule has 2 aromatic carbocycles. The monoisotopic (exact) mass is 734 g/mol. The number of hydrogen-bond acceptors (Lipinski definition) is 3. The van der Waals surface area contributed by atoms with Crippen molar-refractivity contribution in [2.75, 3.05) is 11.9 Å². The van der Waals surface area contributed by atoms with Crippen LogP contribution >= 0.6 is 23.2 Å². The van der Waals surface area contributed by atoms with E-state index in [4.69, 9.17) is 28.3 Å². The molecule has 6 rings (SSSR count). The van der Waals surface area contributed by atoms with Crippen molar-refractivity contribution in [2.45, 2.75) is 50.4 Å². The summed E-state index contributed by atoms with van der Waals surface area (Å²) in [4.78, 5) is 16.6. The van der Waals surface area contributed by atoms with Gasteiger partial charge in [0.15, 0.2) is 23.6 Å². The standard InChI is InChI=1S/C30H29Cl2FN4O.W/c1-19(31)7-5-11-24(33)28-30(2,29(38)34-22-9-6-8-21(32)17-22)36(18-20-13-14-20)27-16-15-26-23-10-3-4-12-25(23)35-37(26,27)28;/h3,5-12,17,20,27-28H,1,13-16,18H2,2H3,(H,34,38);/b7-5-,24-11-;/t27-,28?,30-,37?;/m1./s1. The van der Waals surface area contributed by atoms with Crippen molar-refractivity contribution in [3.05, 3.63) is 99.8 Å². The van der Waals surface area contributed by atoms with Crippen molar-refractivity contribution in [3.8, 4) is 0 Å². The third-order valence-corrected chi connectivity index (χ3v) is 8.68. The van der Waals surface area contributed by atoms with Crippen molar-refractivity contribution >= 4 is 40.5 Å². The van der Waals surface area contributed by atoms with E-state index in [0.717, 1.165) is 42.0 Å². The Bertz CT molecular complexity index is 1520. The van der Waals surface area contributed by atoms with Gasteiger partial charge < -0.3 is 5.32 Å². The van der Waals surface area contributed by atoms with Crippen LogP contribution in [0.25, 0.3) is 5.70 Å². The normalized spacial score (nSPS) is 29.4. The Morgan fingerprint density at radius 2 is 2.15 bits per heavy atom. The van der Waals surface area contributed by atoms with E-state index >= 15 is 4.39 Å². The zero-order chi connectivity index (χ0) is 26.7. The second-order valence-electron chi connectivity index (χ2n) is 10.7. The summed E-state index contributed by atoms with van der Waals surface area (Å²) in [5.74, 6) is -0.217. The number of fused-ring (bicyclic) bond motifs is 1. The molecule has 3 fully saturated rings. The SMILES string of the molecule is C=C(Cl)/C=C\C=C(/F)C1[C@](C)(C(=O)Nc2cccc(Cl)c2)N(CC2CC2)[C@H]2CCC3=c4cc[c-]cc4=N[N+]312.[W]. The molecule has 4 atom stereocenters. The van der Waals surface area contributed by atoms with Crippen molar-refractivity contribution in [3.63, 3.8) is 0 Å². The number of rotatable bonds is 7. The summed E-state index contributed by atoms with van der Waals surface area (Å²) < 4.78 is 16.7. The smallest absolute Gasteiger partial charge is 0.251 e. The summed E-state index contributed by atoms with van der Waals surface area (Å²) in [6, 6.07) is 15.0. The van der Waals surface area contributed by atoms with Gasteiger partial charge in [0.05, 0.1) is 0 Å². The largest absolute Gasteiger partial charge is 0.324 e. The van der Waals surface area contributed by atoms with E-state index < -0.39 is 17.4 Å². The fraction of sp³-hybridized carbons (Fsp3) is 0.333. The molecule has 1 spiro atoms. The maximum atomic E-state index is 16.7. The number of halogens is 3. The predicted molar refractivity (Wildman–Crippen MR) is 148 cm³/mol. The minimum atomic E-state index is -1.23. The molecule has 0 aromatic heterocycles. The van der Waals surface area contributed by atoms with Gasteiger partial charge in [-0.05, 0) is 61.3 Å². The molecule has 0 bridgehead atoms. The fourth-order valence-electron chi connectivity index (χ4n) is 6.57. The molecule has 1 aliphatic carbocycles. The molecule has 39 heavy (non-hydrogen) atoms. The summed E-state index contributed by atoms with van der Waals surface area (Å²) in [7, 11) is 0.